The zero-order chi connectivity index (χ0) is 12.6. The molecule has 94 valence electrons. The first-order valence-electron chi connectivity index (χ1n) is 6.30. The number of ether oxygens (including phenoxy) is 1. The quantitative estimate of drug-likeness (QED) is 0.747. The average molecular weight is 234 g/mol. The van der Waals surface area contributed by atoms with Crippen LogP contribution in [-0.4, -0.2) is 24.2 Å². The second-order valence-electron chi connectivity index (χ2n) is 5.90. The molecule has 0 aromatic carbocycles. The van der Waals surface area contributed by atoms with E-state index in [1.165, 1.54) is 0 Å². The minimum atomic E-state index is 0.0785. The van der Waals surface area contributed by atoms with Crippen molar-refractivity contribution in [3.63, 3.8) is 0 Å². The highest BCUT2D eigenvalue weighted by Gasteiger charge is 2.24. The normalized spacial score (nSPS) is 15.8. The van der Waals surface area contributed by atoms with Crippen LogP contribution in [-0.2, 0) is 5.41 Å². The first-order valence-corrected chi connectivity index (χ1v) is 6.30. The summed E-state index contributed by atoms with van der Waals surface area (Å²) in [6.45, 7) is 12.6. The number of hydrogen-bond acceptors (Lipinski definition) is 3. The van der Waals surface area contributed by atoms with Gasteiger partial charge in [0.2, 0.25) is 0 Å². The number of rotatable bonds is 1. The third kappa shape index (κ3) is 2.38. The monoisotopic (exact) mass is 234 g/mol. The molecular formula is C14H22N2O. The lowest BCUT2D eigenvalue weighted by Crippen LogP contribution is -2.39. The van der Waals surface area contributed by atoms with Crippen molar-refractivity contribution in [1.82, 2.24) is 4.98 Å². The highest BCUT2D eigenvalue weighted by Crippen LogP contribution is 2.33. The SMILES string of the molecule is CC(C)N1CCOc2ccc(C(C)(C)C)nc21. The summed E-state index contributed by atoms with van der Waals surface area (Å²) >= 11 is 0. The molecule has 3 nitrogen and oxygen atoms in total. The van der Waals surface area contributed by atoms with E-state index in [0.717, 1.165) is 30.4 Å². The Balaban J connectivity index is 2.44. The molecule has 2 rings (SSSR count). The van der Waals surface area contributed by atoms with Crippen molar-refractivity contribution in [3.05, 3.63) is 17.8 Å². The van der Waals surface area contributed by atoms with Gasteiger partial charge in [0, 0.05) is 17.2 Å². The highest BCUT2D eigenvalue weighted by molar-refractivity contribution is 5.55. The molecule has 0 bridgehead atoms. The topological polar surface area (TPSA) is 25.4 Å². The molecule has 1 aromatic rings. The molecular weight excluding hydrogens is 212 g/mol. The molecule has 0 fully saturated rings. The molecule has 0 saturated carbocycles. The third-order valence-corrected chi connectivity index (χ3v) is 3.09. The Morgan fingerprint density at radius 1 is 1.29 bits per heavy atom. The van der Waals surface area contributed by atoms with E-state index in [1.54, 1.807) is 0 Å². The summed E-state index contributed by atoms with van der Waals surface area (Å²) in [7, 11) is 0. The van der Waals surface area contributed by atoms with Crippen LogP contribution in [0.25, 0.3) is 0 Å². The van der Waals surface area contributed by atoms with Gasteiger partial charge in [-0.05, 0) is 26.0 Å². The highest BCUT2D eigenvalue weighted by atomic mass is 16.5. The summed E-state index contributed by atoms with van der Waals surface area (Å²) in [6, 6.07) is 4.58. The van der Waals surface area contributed by atoms with E-state index in [-0.39, 0.29) is 5.41 Å². The van der Waals surface area contributed by atoms with Crippen molar-refractivity contribution >= 4 is 5.82 Å². The predicted octanol–water partition coefficient (Wildman–Crippen LogP) is 2.99. The van der Waals surface area contributed by atoms with Crippen LogP contribution in [0.1, 0.15) is 40.3 Å². The lowest BCUT2D eigenvalue weighted by Gasteiger charge is -2.34. The van der Waals surface area contributed by atoms with Gasteiger partial charge in [0.25, 0.3) is 0 Å². The molecule has 2 heterocycles. The molecule has 0 aliphatic carbocycles. The van der Waals surface area contributed by atoms with Crippen molar-refractivity contribution in [2.45, 2.75) is 46.1 Å². The van der Waals surface area contributed by atoms with E-state index in [0.29, 0.717) is 6.04 Å². The number of pyridine rings is 1. The molecule has 0 N–H and O–H groups in total. The maximum absolute atomic E-state index is 5.67. The molecule has 0 spiro atoms. The molecule has 0 radical (unpaired) electrons. The van der Waals surface area contributed by atoms with E-state index in [9.17, 15) is 0 Å². The molecule has 17 heavy (non-hydrogen) atoms. The van der Waals surface area contributed by atoms with E-state index in [1.807, 2.05) is 0 Å². The molecule has 1 aliphatic heterocycles. The van der Waals surface area contributed by atoms with E-state index < -0.39 is 0 Å². The lowest BCUT2D eigenvalue weighted by atomic mass is 9.91. The molecule has 0 saturated heterocycles. The molecule has 1 aliphatic rings. The van der Waals surface area contributed by atoms with Crippen LogP contribution >= 0.6 is 0 Å². The van der Waals surface area contributed by atoms with Gasteiger partial charge in [-0.25, -0.2) is 4.98 Å². The zero-order valence-corrected chi connectivity index (χ0v) is 11.4. The Hall–Kier alpha value is -1.25. The molecule has 0 amide bonds. The smallest absolute Gasteiger partial charge is 0.172 e. The molecule has 3 heteroatoms. The maximum Gasteiger partial charge on any atom is 0.172 e. The van der Waals surface area contributed by atoms with Crippen molar-refractivity contribution in [3.8, 4) is 5.75 Å². The van der Waals surface area contributed by atoms with Crippen LogP contribution in [0.4, 0.5) is 5.82 Å². The molecule has 1 aromatic heterocycles. The van der Waals surface area contributed by atoms with E-state index >= 15 is 0 Å². The van der Waals surface area contributed by atoms with Crippen LogP contribution in [0.2, 0.25) is 0 Å². The number of aromatic nitrogens is 1. The number of anilines is 1. The number of nitrogens with zero attached hydrogens (tertiary/aromatic N) is 2. The van der Waals surface area contributed by atoms with Gasteiger partial charge in [0.05, 0.1) is 6.54 Å². The van der Waals surface area contributed by atoms with Gasteiger partial charge in [-0.15, -0.1) is 0 Å². The Morgan fingerprint density at radius 2 is 2.00 bits per heavy atom. The summed E-state index contributed by atoms with van der Waals surface area (Å²) in [4.78, 5) is 7.10. The van der Waals surface area contributed by atoms with E-state index in [2.05, 4.69) is 51.7 Å². The van der Waals surface area contributed by atoms with E-state index in [4.69, 9.17) is 9.72 Å². The first kappa shape index (κ1) is 12.2. The summed E-state index contributed by atoms with van der Waals surface area (Å²) < 4.78 is 5.67. The maximum atomic E-state index is 5.67. The van der Waals surface area contributed by atoms with Gasteiger partial charge in [-0.3, -0.25) is 0 Å². The molecule has 0 unspecified atom stereocenters. The first-order chi connectivity index (χ1) is 7.89. The van der Waals surface area contributed by atoms with Crippen LogP contribution in [0.15, 0.2) is 12.1 Å². The van der Waals surface area contributed by atoms with Gasteiger partial charge in [-0.2, -0.15) is 0 Å². The summed E-state index contributed by atoms with van der Waals surface area (Å²) in [5.74, 6) is 1.91. The van der Waals surface area contributed by atoms with Gasteiger partial charge >= 0.3 is 0 Å². The van der Waals surface area contributed by atoms with Gasteiger partial charge in [0.15, 0.2) is 11.6 Å². The van der Waals surface area contributed by atoms with Crippen molar-refractivity contribution in [2.75, 3.05) is 18.1 Å². The van der Waals surface area contributed by atoms with Crippen LogP contribution in [0.5, 0.6) is 5.75 Å². The third-order valence-electron chi connectivity index (χ3n) is 3.09. The number of hydrogen-bond donors (Lipinski definition) is 0. The second kappa shape index (κ2) is 4.21. The fraction of sp³-hybridized carbons (Fsp3) is 0.643. The van der Waals surface area contributed by atoms with Gasteiger partial charge in [-0.1, -0.05) is 20.8 Å². The van der Waals surface area contributed by atoms with Crippen molar-refractivity contribution in [1.29, 1.82) is 0 Å². The Kier molecular flexibility index (Phi) is 3.02. The van der Waals surface area contributed by atoms with Gasteiger partial charge < -0.3 is 9.64 Å². The standard InChI is InChI=1S/C14H22N2O/c1-10(2)16-8-9-17-11-6-7-12(14(3,4)5)15-13(11)16/h6-7,10H,8-9H2,1-5H3. The van der Waals surface area contributed by atoms with Crippen molar-refractivity contribution in [2.24, 2.45) is 0 Å². The minimum absolute atomic E-state index is 0.0785. The zero-order valence-electron chi connectivity index (χ0n) is 11.4. The largest absolute Gasteiger partial charge is 0.488 e. The summed E-state index contributed by atoms with van der Waals surface area (Å²) in [6.07, 6.45) is 0. The number of fused-ring (bicyclic) bond motifs is 1. The van der Waals surface area contributed by atoms with Crippen molar-refractivity contribution < 1.29 is 4.74 Å². The van der Waals surface area contributed by atoms with Crippen LogP contribution < -0.4 is 9.64 Å². The second-order valence-corrected chi connectivity index (χ2v) is 5.90. The summed E-state index contributed by atoms with van der Waals surface area (Å²) in [5.41, 5.74) is 1.20. The average Bonchev–Trinajstić information content (AvgIpc) is 2.26. The summed E-state index contributed by atoms with van der Waals surface area (Å²) in [5, 5.41) is 0. The Labute approximate surface area is 104 Å². The fourth-order valence-electron chi connectivity index (χ4n) is 2.03. The lowest BCUT2D eigenvalue weighted by molar-refractivity contribution is 0.299. The fourth-order valence-corrected chi connectivity index (χ4v) is 2.03. The Morgan fingerprint density at radius 3 is 2.59 bits per heavy atom. The minimum Gasteiger partial charge on any atom is -0.488 e. The van der Waals surface area contributed by atoms with Crippen LogP contribution in [0.3, 0.4) is 0 Å². The Bertz CT molecular complexity index is 407. The van der Waals surface area contributed by atoms with Crippen LogP contribution in [0, 0.1) is 0 Å². The molecule has 0 atom stereocenters. The van der Waals surface area contributed by atoms with Gasteiger partial charge in [0.1, 0.15) is 6.61 Å². The predicted molar refractivity (Wildman–Crippen MR) is 70.9 cm³/mol.